The van der Waals surface area contributed by atoms with Crippen molar-refractivity contribution in [2.75, 3.05) is 19.7 Å². The Bertz CT molecular complexity index is 1380. The van der Waals surface area contributed by atoms with Gasteiger partial charge in [0, 0.05) is 30.8 Å². The number of alkyl halides is 3. The minimum Gasteiger partial charge on any atom is -0.493 e. The lowest BCUT2D eigenvalue weighted by Gasteiger charge is -2.17. The van der Waals surface area contributed by atoms with Gasteiger partial charge in [-0.25, -0.2) is 9.97 Å². The van der Waals surface area contributed by atoms with Crippen LogP contribution in [0.1, 0.15) is 54.7 Å². The molecule has 1 saturated heterocycles. The van der Waals surface area contributed by atoms with Crippen LogP contribution in [0.2, 0.25) is 0 Å². The number of ether oxygens (including phenoxy) is 1. The van der Waals surface area contributed by atoms with Gasteiger partial charge in [-0.15, -0.1) is 0 Å². The van der Waals surface area contributed by atoms with E-state index in [2.05, 4.69) is 20.3 Å². The van der Waals surface area contributed by atoms with Gasteiger partial charge in [0.2, 0.25) is 5.91 Å². The standard InChI is InChI=1S/C27H30F3N5O3/c1-4-21(36)35-10-14(2)19(11-35)34-26(37)22-15(3)33-25-23(31-13-32-24(22)25)18-9-17(27(28,29)30)7-8-20(18)38-12-16-5-6-16/h7-9,13-14,16,19,33H,4-6,10-12H2,1-3H3,(H,34,37)/t14-,19-/m1/s1. The smallest absolute Gasteiger partial charge is 0.416 e. The molecule has 5 rings (SSSR count). The lowest BCUT2D eigenvalue weighted by atomic mass is 10.0. The summed E-state index contributed by atoms with van der Waals surface area (Å²) < 4.78 is 46.7. The first-order chi connectivity index (χ1) is 18.1. The average Bonchev–Trinajstić information content (AvgIpc) is 3.55. The maximum absolute atomic E-state index is 13.6. The highest BCUT2D eigenvalue weighted by Gasteiger charge is 2.35. The molecular formula is C27H30F3N5O3. The number of carbonyl (C=O) groups is 2. The second-order valence-electron chi connectivity index (χ2n) is 10.2. The van der Waals surface area contributed by atoms with Crippen LogP contribution in [0.15, 0.2) is 24.5 Å². The van der Waals surface area contributed by atoms with Crippen molar-refractivity contribution in [3.63, 3.8) is 0 Å². The van der Waals surface area contributed by atoms with E-state index < -0.39 is 11.7 Å². The van der Waals surface area contributed by atoms with Gasteiger partial charge < -0.3 is 19.9 Å². The molecule has 1 aliphatic heterocycles. The van der Waals surface area contributed by atoms with Gasteiger partial charge in [-0.2, -0.15) is 13.2 Å². The van der Waals surface area contributed by atoms with Gasteiger partial charge in [0.25, 0.3) is 5.91 Å². The van der Waals surface area contributed by atoms with E-state index in [1.54, 1.807) is 18.7 Å². The Kier molecular flexibility index (Phi) is 6.79. The fraction of sp³-hybridized carbons (Fsp3) is 0.481. The summed E-state index contributed by atoms with van der Waals surface area (Å²) in [6.45, 7) is 6.90. The highest BCUT2D eigenvalue weighted by atomic mass is 19.4. The maximum Gasteiger partial charge on any atom is 0.416 e. The number of hydrogen-bond acceptors (Lipinski definition) is 5. The second kappa shape index (κ2) is 9.92. The molecule has 2 N–H and O–H groups in total. The first-order valence-corrected chi connectivity index (χ1v) is 12.8. The SMILES string of the molecule is CCC(=O)N1C[C@@H](C)[C@H](NC(=O)c2c(C)[nH]c3c(-c4cc(C(F)(F)F)ccc4OCC4CC4)ncnc23)C1. The summed E-state index contributed by atoms with van der Waals surface area (Å²) >= 11 is 0. The zero-order chi connectivity index (χ0) is 27.2. The summed E-state index contributed by atoms with van der Waals surface area (Å²) in [6.07, 6.45) is -0.835. The summed E-state index contributed by atoms with van der Waals surface area (Å²) in [6, 6.07) is 3.12. The van der Waals surface area contributed by atoms with Crippen molar-refractivity contribution in [1.29, 1.82) is 0 Å². The molecule has 0 spiro atoms. The summed E-state index contributed by atoms with van der Waals surface area (Å²) in [7, 11) is 0. The molecule has 1 aromatic carbocycles. The molecule has 1 aliphatic carbocycles. The van der Waals surface area contributed by atoms with E-state index in [-0.39, 0.29) is 35.0 Å². The molecule has 2 amide bonds. The number of hydrogen-bond donors (Lipinski definition) is 2. The summed E-state index contributed by atoms with van der Waals surface area (Å²) in [5, 5.41) is 3.03. The summed E-state index contributed by atoms with van der Waals surface area (Å²) in [5.41, 5.74) is 1.06. The number of aryl methyl sites for hydroxylation is 1. The summed E-state index contributed by atoms with van der Waals surface area (Å²) in [5.74, 6) is 0.440. The van der Waals surface area contributed by atoms with E-state index in [0.29, 0.717) is 60.1 Å². The fourth-order valence-corrected chi connectivity index (χ4v) is 4.94. The largest absolute Gasteiger partial charge is 0.493 e. The Labute approximate surface area is 218 Å². The highest BCUT2D eigenvalue weighted by Crippen LogP contribution is 2.40. The number of amides is 2. The molecule has 11 heteroatoms. The van der Waals surface area contributed by atoms with Crippen LogP contribution in [-0.4, -0.2) is 57.4 Å². The number of H-pyrrole nitrogens is 1. The van der Waals surface area contributed by atoms with Gasteiger partial charge in [-0.1, -0.05) is 13.8 Å². The van der Waals surface area contributed by atoms with Crippen LogP contribution in [0, 0.1) is 18.8 Å². The average molecular weight is 530 g/mol. The Morgan fingerprint density at radius 2 is 1.97 bits per heavy atom. The Morgan fingerprint density at radius 3 is 2.66 bits per heavy atom. The molecule has 0 radical (unpaired) electrons. The lowest BCUT2D eigenvalue weighted by molar-refractivity contribution is -0.137. The molecule has 202 valence electrons. The van der Waals surface area contributed by atoms with Crippen molar-refractivity contribution in [1.82, 2.24) is 25.2 Å². The Morgan fingerprint density at radius 1 is 1.21 bits per heavy atom. The normalized spacial score (nSPS) is 19.7. The van der Waals surface area contributed by atoms with Crippen molar-refractivity contribution in [3.8, 4) is 17.0 Å². The third kappa shape index (κ3) is 5.06. The molecule has 3 aromatic rings. The van der Waals surface area contributed by atoms with Crippen LogP contribution in [0.5, 0.6) is 5.75 Å². The molecule has 3 heterocycles. The van der Waals surface area contributed by atoms with E-state index in [9.17, 15) is 22.8 Å². The second-order valence-corrected chi connectivity index (χ2v) is 10.2. The van der Waals surface area contributed by atoms with Crippen molar-refractivity contribution in [2.45, 2.75) is 52.3 Å². The molecule has 2 aliphatic rings. The maximum atomic E-state index is 13.6. The molecule has 1 saturated carbocycles. The topological polar surface area (TPSA) is 100 Å². The third-order valence-electron chi connectivity index (χ3n) is 7.32. The van der Waals surface area contributed by atoms with Gasteiger partial charge in [0.15, 0.2) is 0 Å². The quantitative estimate of drug-likeness (QED) is 0.461. The van der Waals surface area contributed by atoms with E-state index in [4.69, 9.17) is 4.74 Å². The molecule has 8 nitrogen and oxygen atoms in total. The Hall–Kier alpha value is -3.63. The molecule has 0 bridgehead atoms. The number of fused-ring (bicyclic) bond motifs is 1. The van der Waals surface area contributed by atoms with Crippen molar-refractivity contribution in [2.24, 2.45) is 11.8 Å². The number of nitrogens with one attached hydrogen (secondary N) is 2. The number of likely N-dealkylation sites (tertiary alicyclic amines) is 1. The zero-order valence-electron chi connectivity index (χ0n) is 21.5. The first kappa shape index (κ1) is 26.0. The number of aromatic amines is 1. The number of nitrogens with zero attached hydrogens (tertiary/aromatic N) is 3. The van der Waals surface area contributed by atoms with Crippen LogP contribution in [0.25, 0.3) is 22.3 Å². The van der Waals surface area contributed by atoms with Crippen LogP contribution in [0.4, 0.5) is 13.2 Å². The van der Waals surface area contributed by atoms with Crippen LogP contribution < -0.4 is 10.1 Å². The molecule has 0 unspecified atom stereocenters. The predicted octanol–water partition coefficient (Wildman–Crippen LogP) is 4.73. The van der Waals surface area contributed by atoms with Gasteiger partial charge in [-0.3, -0.25) is 9.59 Å². The number of halogens is 3. The van der Waals surface area contributed by atoms with E-state index in [0.717, 1.165) is 25.0 Å². The third-order valence-corrected chi connectivity index (χ3v) is 7.32. The highest BCUT2D eigenvalue weighted by molar-refractivity contribution is 6.09. The number of benzene rings is 1. The van der Waals surface area contributed by atoms with Gasteiger partial charge in [-0.05, 0) is 49.8 Å². The Balaban J connectivity index is 1.50. The van der Waals surface area contributed by atoms with Crippen molar-refractivity contribution in [3.05, 3.63) is 41.3 Å². The number of aromatic nitrogens is 3. The molecule has 2 atom stereocenters. The zero-order valence-corrected chi connectivity index (χ0v) is 21.5. The van der Waals surface area contributed by atoms with Crippen molar-refractivity contribution < 1.29 is 27.5 Å². The fourth-order valence-electron chi connectivity index (χ4n) is 4.94. The minimum absolute atomic E-state index is 0.0371. The van der Waals surface area contributed by atoms with Gasteiger partial charge in [0.05, 0.1) is 29.3 Å². The van der Waals surface area contributed by atoms with Crippen molar-refractivity contribution >= 4 is 22.8 Å². The van der Waals surface area contributed by atoms with Gasteiger partial charge >= 0.3 is 6.18 Å². The van der Waals surface area contributed by atoms with E-state index >= 15 is 0 Å². The van der Waals surface area contributed by atoms with E-state index in [1.807, 2.05) is 6.92 Å². The van der Waals surface area contributed by atoms with Crippen LogP contribution >= 0.6 is 0 Å². The molecule has 38 heavy (non-hydrogen) atoms. The van der Waals surface area contributed by atoms with Gasteiger partial charge in [0.1, 0.15) is 23.3 Å². The first-order valence-electron chi connectivity index (χ1n) is 12.8. The van der Waals surface area contributed by atoms with Crippen LogP contribution in [-0.2, 0) is 11.0 Å². The number of rotatable bonds is 7. The van der Waals surface area contributed by atoms with E-state index in [1.165, 1.54) is 12.4 Å². The monoisotopic (exact) mass is 529 g/mol. The van der Waals surface area contributed by atoms with Crippen LogP contribution in [0.3, 0.4) is 0 Å². The molecular weight excluding hydrogens is 499 g/mol. The predicted molar refractivity (Wildman–Crippen MR) is 135 cm³/mol. The number of carbonyl (C=O) groups excluding carboxylic acids is 2. The minimum atomic E-state index is -4.54. The lowest BCUT2D eigenvalue weighted by Crippen LogP contribution is -2.40. The summed E-state index contributed by atoms with van der Waals surface area (Å²) in [4.78, 5) is 39.0. The molecule has 2 aromatic heterocycles. The molecule has 2 fully saturated rings.